The van der Waals surface area contributed by atoms with Gasteiger partial charge in [0, 0.05) is 23.7 Å². The van der Waals surface area contributed by atoms with Gasteiger partial charge in [-0.2, -0.15) is 0 Å². The van der Waals surface area contributed by atoms with Gasteiger partial charge in [0.15, 0.2) is 0 Å². The Morgan fingerprint density at radius 2 is 1.97 bits per heavy atom. The second-order valence-electron chi connectivity index (χ2n) is 9.30. The van der Waals surface area contributed by atoms with Crippen molar-refractivity contribution in [2.24, 2.45) is 0 Å². The van der Waals surface area contributed by atoms with Gasteiger partial charge in [0.2, 0.25) is 5.91 Å². The zero-order valence-corrected chi connectivity index (χ0v) is 18.5. The molecule has 2 aromatic rings. The maximum Gasteiger partial charge on any atom is 0.323 e. The summed E-state index contributed by atoms with van der Waals surface area (Å²) < 4.78 is 41.4. The van der Waals surface area contributed by atoms with Crippen LogP contribution in [0.4, 0.5) is 23.7 Å². The number of amides is 3. The van der Waals surface area contributed by atoms with Crippen LogP contribution in [0, 0.1) is 17.5 Å². The first-order valence-corrected chi connectivity index (χ1v) is 10.7. The molecule has 1 aliphatic carbocycles. The molecule has 2 aliphatic rings. The molecule has 1 fully saturated rings. The number of halogens is 3. The highest BCUT2D eigenvalue weighted by Gasteiger charge is 2.59. The first-order chi connectivity index (χ1) is 15.4. The lowest BCUT2D eigenvalue weighted by atomic mass is 9.91. The van der Waals surface area contributed by atoms with E-state index in [2.05, 4.69) is 15.6 Å². The normalized spacial score (nSPS) is 18.4. The maximum absolute atomic E-state index is 14.2. The molecule has 0 unspecified atom stereocenters. The Labute approximate surface area is 189 Å². The predicted octanol–water partition coefficient (Wildman–Crippen LogP) is 3.74. The molecule has 0 radical (unpaired) electrons. The summed E-state index contributed by atoms with van der Waals surface area (Å²) in [5, 5.41) is 15.8. The van der Waals surface area contributed by atoms with E-state index in [0.29, 0.717) is 30.2 Å². The van der Waals surface area contributed by atoms with Gasteiger partial charge in [-0.3, -0.25) is 9.78 Å². The molecule has 1 aromatic heterocycles. The molecule has 1 spiro atoms. The first kappa shape index (κ1) is 23.0. The fourth-order valence-electron chi connectivity index (χ4n) is 4.47. The fourth-order valence-corrected chi connectivity index (χ4v) is 4.47. The monoisotopic (exact) mass is 462 g/mol. The van der Waals surface area contributed by atoms with E-state index < -0.39 is 52.6 Å². The van der Waals surface area contributed by atoms with E-state index >= 15 is 0 Å². The van der Waals surface area contributed by atoms with Crippen LogP contribution < -0.4 is 10.6 Å². The summed E-state index contributed by atoms with van der Waals surface area (Å²) >= 11 is 0. The molecule has 0 bridgehead atoms. The second kappa shape index (κ2) is 8.02. The Morgan fingerprint density at radius 1 is 1.27 bits per heavy atom. The number of aliphatic hydroxyl groups is 1. The molecule has 33 heavy (non-hydrogen) atoms. The van der Waals surface area contributed by atoms with E-state index in [0.717, 1.165) is 6.20 Å². The van der Waals surface area contributed by atoms with E-state index in [-0.39, 0.29) is 12.1 Å². The van der Waals surface area contributed by atoms with Crippen molar-refractivity contribution in [2.75, 3.05) is 5.32 Å². The van der Waals surface area contributed by atoms with Crippen LogP contribution in [-0.2, 0) is 10.3 Å². The number of pyridine rings is 1. The van der Waals surface area contributed by atoms with E-state index in [4.69, 9.17) is 0 Å². The van der Waals surface area contributed by atoms with Gasteiger partial charge in [0.1, 0.15) is 23.5 Å². The fraction of sp³-hybridized carbons (Fsp3) is 0.435. The van der Waals surface area contributed by atoms with Crippen LogP contribution in [0.25, 0.3) is 0 Å². The van der Waals surface area contributed by atoms with Crippen molar-refractivity contribution in [3.8, 4) is 0 Å². The lowest BCUT2D eigenvalue weighted by molar-refractivity contribution is -0.129. The molecule has 3 amide bonds. The zero-order chi connectivity index (χ0) is 24.1. The number of nitrogens with zero attached hydrogens (tertiary/aromatic N) is 2. The molecule has 2 heterocycles. The van der Waals surface area contributed by atoms with Crippen molar-refractivity contribution in [1.82, 2.24) is 15.2 Å². The highest BCUT2D eigenvalue weighted by atomic mass is 19.1. The van der Waals surface area contributed by atoms with Gasteiger partial charge in [0.05, 0.1) is 29.1 Å². The molecule has 7 nitrogen and oxygen atoms in total. The highest BCUT2D eigenvalue weighted by molar-refractivity contribution is 5.98. The Balaban J connectivity index is 1.67. The largest absolute Gasteiger partial charge is 0.390 e. The number of hydrogen-bond acceptors (Lipinski definition) is 4. The molecular weight excluding hydrogens is 437 g/mol. The van der Waals surface area contributed by atoms with Crippen LogP contribution in [0.1, 0.15) is 57.3 Å². The Hall–Kier alpha value is -3.14. The molecule has 1 aromatic carbocycles. The van der Waals surface area contributed by atoms with Gasteiger partial charge in [-0.05, 0) is 51.8 Å². The average Bonchev–Trinajstić information content (AvgIpc) is 3.48. The molecule has 1 saturated carbocycles. The minimum Gasteiger partial charge on any atom is -0.390 e. The van der Waals surface area contributed by atoms with Crippen molar-refractivity contribution >= 4 is 17.6 Å². The van der Waals surface area contributed by atoms with E-state index in [9.17, 15) is 27.9 Å². The maximum atomic E-state index is 14.2. The number of nitrogens with one attached hydrogen (secondary N) is 2. The molecule has 1 aliphatic heterocycles. The standard InChI is InChI=1S/C23H25F3N4O3/c1-12(19-16(26)9-14(25)11-27-19)28-20(31)18(10-22(2,3)33)30-21(32)29-17-5-4-13(24)8-15(17)23(30)6-7-23/h4-5,8-9,11-12,18,33H,6-7,10H2,1-3H3,(H,28,31)(H,29,32)/t12-,18-/m0/s1. The van der Waals surface area contributed by atoms with E-state index in [1.165, 1.54) is 43.9 Å². The van der Waals surface area contributed by atoms with Crippen LogP contribution in [-0.4, -0.2) is 38.6 Å². The van der Waals surface area contributed by atoms with Gasteiger partial charge in [0.25, 0.3) is 0 Å². The number of carbonyl (C=O) groups excluding carboxylic acids is 2. The number of rotatable bonds is 6. The summed E-state index contributed by atoms with van der Waals surface area (Å²) in [5.41, 5.74) is -1.33. The first-order valence-electron chi connectivity index (χ1n) is 10.7. The molecular formula is C23H25F3N4O3. The zero-order valence-electron chi connectivity index (χ0n) is 18.5. The summed E-state index contributed by atoms with van der Waals surface area (Å²) in [6.07, 6.45) is 1.77. The number of aromatic nitrogens is 1. The summed E-state index contributed by atoms with van der Waals surface area (Å²) in [7, 11) is 0. The van der Waals surface area contributed by atoms with Gasteiger partial charge in [-0.15, -0.1) is 0 Å². The number of fused-ring (bicyclic) bond motifs is 2. The van der Waals surface area contributed by atoms with Crippen LogP contribution in [0.15, 0.2) is 30.5 Å². The number of benzene rings is 1. The molecule has 2 atom stereocenters. The Bertz CT molecular complexity index is 1110. The van der Waals surface area contributed by atoms with Crippen LogP contribution in [0.5, 0.6) is 0 Å². The van der Waals surface area contributed by atoms with Crippen molar-refractivity contribution in [2.45, 2.75) is 63.3 Å². The van der Waals surface area contributed by atoms with Crippen LogP contribution in [0.3, 0.4) is 0 Å². The average molecular weight is 462 g/mol. The minimum atomic E-state index is -1.33. The Morgan fingerprint density at radius 3 is 2.58 bits per heavy atom. The summed E-state index contributed by atoms with van der Waals surface area (Å²) in [6.45, 7) is 4.50. The summed E-state index contributed by atoms with van der Waals surface area (Å²) in [4.78, 5) is 31.6. The molecule has 0 saturated heterocycles. The number of carbonyl (C=O) groups is 2. The minimum absolute atomic E-state index is 0.120. The molecule has 10 heteroatoms. The topological polar surface area (TPSA) is 94.6 Å². The van der Waals surface area contributed by atoms with Gasteiger partial charge in [-0.25, -0.2) is 18.0 Å². The highest BCUT2D eigenvalue weighted by Crippen LogP contribution is 2.56. The Kier molecular flexibility index (Phi) is 5.60. The number of anilines is 1. The molecule has 3 N–H and O–H groups in total. The third-order valence-electron chi connectivity index (χ3n) is 6.04. The number of hydrogen-bond donors (Lipinski definition) is 3. The second-order valence-corrected chi connectivity index (χ2v) is 9.30. The third-order valence-corrected chi connectivity index (χ3v) is 6.04. The summed E-state index contributed by atoms with van der Waals surface area (Å²) in [6, 6.07) is 2.12. The number of urea groups is 1. The van der Waals surface area contributed by atoms with Crippen LogP contribution >= 0.6 is 0 Å². The third kappa shape index (κ3) is 4.39. The van der Waals surface area contributed by atoms with Crippen molar-refractivity contribution in [3.05, 3.63) is 59.2 Å². The van der Waals surface area contributed by atoms with Gasteiger partial charge >= 0.3 is 6.03 Å². The molecule has 176 valence electrons. The predicted molar refractivity (Wildman–Crippen MR) is 114 cm³/mol. The van der Waals surface area contributed by atoms with Crippen molar-refractivity contribution < 1.29 is 27.9 Å². The van der Waals surface area contributed by atoms with Gasteiger partial charge in [-0.1, -0.05) is 0 Å². The summed E-state index contributed by atoms with van der Waals surface area (Å²) in [5.74, 6) is -2.87. The van der Waals surface area contributed by atoms with Crippen LogP contribution in [0.2, 0.25) is 0 Å². The SMILES string of the molecule is C[C@H](NC(=O)[C@H](CC(C)(C)O)N1C(=O)Nc2ccc(F)cc2C12CC2)c1ncc(F)cc1F. The lowest BCUT2D eigenvalue weighted by Gasteiger charge is -2.43. The van der Waals surface area contributed by atoms with E-state index in [1.54, 1.807) is 0 Å². The quantitative estimate of drug-likeness (QED) is 0.610. The van der Waals surface area contributed by atoms with Gasteiger partial charge < -0.3 is 20.6 Å². The smallest absolute Gasteiger partial charge is 0.323 e. The van der Waals surface area contributed by atoms with E-state index in [1.807, 2.05) is 0 Å². The lowest BCUT2D eigenvalue weighted by Crippen LogP contribution is -2.59. The van der Waals surface area contributed by atoms with Crippen molar-refractivity contribution in [1.29, 1.82) is 0 Å². The van der Waals surface area contributed by atoms with Crippen molar-refractivity contribution in [3.63, 3.8) is 0 Å². The molecule has 4 rings (SSSR count).